The van der Waals surface area contributed by atoms with Gasteiger partial charge in [-0.05, 0) is 36.9 Å². The number of ether oxygens (including phenoxy) is 1. The van der Waals surface area contributed by atoms with Crippen molar-refractivity contribution in [2.75, 3.05) is 20.6 Å². The molecule has 0 fully saturated rings. The number of nitrogens with zero attached hydrogens (tertiary/aromatic N) is 1. The van der Waals surface area contributed by atoms with E-state index in [1.165, 1.54) is 16.7 Å². The normalized spacial score (nSPS) is 17.1. The molecule has 0 saturated heterocycles. The molecule has 2 aromatic carbocycles. The van der Waals surface area contributed by atoms with Gasteiger partial charge in [0.2, 0.25) is 0 Å². The molecule has 2 nitrogen and oxygen atoms in total. The molecule has 0 amide bonds. The highest BCUT2D eigenvalue weighted by Crippen LogP contribution is 2.35. The summed E-state index contributed by atoms with van der Waals surface area (Å²) < 4.78 is 6.31. The minimum Gasteiger partial charge on any atom is -0.485 e. The van der Waals surface area contributed by atoms with E-state index < -0.39 is 0 Å². The zero-order valence-corrected chi connectivity index (χ0v) is 12.2. The van der Waals surface area contributed by atoms with Gasteiger partial charge in [-0.3, -0.25) is 0 Å². The molecule has 1 atom stereocenters. The molecule has 20 heavy (non-hydrogen) atoms. The summed E-state index contributed by atoms with van der Waals surface area (Å²) in [6, 6.07) is 17.1. The topological polar surface area (TPSA) is 12.5 Å². The van der Waals surface area contributed by atoms with Gasteiger partial charge in [0.1, 0.15) is 11.9 Å². The number of rotatable bonds is 3. The van der Waals surface area contributed by atoms with Crippen molar-refractivity contribution in [1.29, 1.82) is 0 Å². The smallest absolute Gasteiger partial charge is 0.125 e. The zero-order valence-electron chi connectivity index (χ0n) is 12.2. The van der Waals surface area contributed by atoms with Crippen LogP contribution in [0.1, 0.15) is 29.2 Å². The molecule has 0 spiro atoms. The van der Waals surface area contributed by atoms with Crippen LogP contribution in [0.2, 0.25) is 0 Å². The molecule has 0 bridgehead atoms. The van der Waals surface area contributed by atoms with Crippen molar-refractivity contribution in [3.05, 3.63) is 65.2 Å². The molecule has 0 radical (unpaired) electrons. The van der Waals surface area contributed by atoms with Crippen molar-refractivity contribution < 1.29 is 4.74 Å². The summed E-state index contributed by atoms with van der Waals surface area (Å²) in [4.78, 5) is 2.21. The summed E-state index contributed by atoms with van der Waals surface area (Å²) >= 11 is 0. The Bertz CT molecular complexity index is 591. The van der Waals surface area contributed by atoms with E-state index in [0.717, 1.165) is 25.1 Å². The SMILES string of the molecule is CN(C)CCC1Oc2ccccc2Cc2ccccc21. The van der Waals surface area contributed by atoms with E-state index in [1.54, 1.807) is 0 Å². The van der Waals surface area contributed by atoms with Gasteiger partial charge in [0.05, 0.1) is 0 Å². The molecule has 3 rings (SSSR count). The lowest BCUT2D eigenvalue weighted by molar-refractivity contribution is 0.180. The molecular weight excluding hydrogens is 246 g/mol. The predicted molar refractivity (Wildman–Crippen MR) is 82.2 cm³/mol. The molecule has 104 valence electrons. The van der Waals surface area contributed by atoms with Gasteiger partial charge < -0.3 is 9.64 Å². The van der Waals surface area contributed by atoms with Gasteiger partial charge in [-0.25, -0.2) is 0 Å². The lowest BCUT2D eigenvalue weighted by atomic mass is 9.96. The molecule has 0 saturated carbocycles. The predicted octanol–water partition coefficient (Wildman–Crippen LogP) is 3.66. The Labute approximate surface area is 121 Å². The molecule has 1 unspecified atom stereocenters. The Balaban J connectivity index is 1.97. The first-order valence-electron chi connectivity index (χ1n) is 7.21. The molecule has 0 aliphatic carbocycles. The molecule has 1 aliphatic rings. The second-order valence-electron chi connectivity index (χ2n) is 5.68. The number of hydrogen-bond acceptors (Lipinski definition) is 2. The fourth-order valence-corrected chi connectivity index (χ4v) is 2.79. The van der Waals surface area contributed by atoms with Crippen LogP contribution in [0.4, 0.5) is 0 Å². The molecule has 2 heteroatoms. The first-order chi connectivity index (χ1) is 9.74. The summed E-state index contributed by atoms with van der Waals surface area (Å²) in [5.74, 6) is 1.03. The number of fused-ring (bicyclic) bond motifs is 2. The van der Waals surface area contributed by atoms with E-state index in [-0.39, 0.29) is 6.10 Å². The van der Waals surface area contributed by atoms with Crippen LogP contribution in [-0.2, 0) is 6.42 Å². The van der Waals surface area contributed by atoms with Crippen LogP contribution < -0.4 is 4.74 Å². The molecule has 0 aromatic heterocycles. The monoisotopic (exact) mass is 267 g/mol. The Morgan fingerprint density at radius 1 is 1.00 bits per heavy atom. The standard InChI is InChI=1S/C18H21NO/c1-19(2)12-11-18-16-9-5-3-7-14(16)13-15-8-4-6-10-17(15)20-18/h3-10,18H,11-13H2,1-2H3. The van der Waals surface area contributed by atoms with Crippen LogP contribution in [-0.4, -0.2) is 25.5 Å². The number of benzene rings is 2. The summed E-state index contributed by atoms with van der Waals surface area (Å²) in [5, 5.41) is 0. The van der Waals surface area contributed by atoms with E-state index in [1.807, 2.05) is 0 Å². The Kier molecular flexibility index (Phi) is 3.75. The second kappa shape index (κ2) is 5.68. The summed E-state index contributed by atoms with van der Waals surface area (Å²) in [5.41, 5.74) is 4.01. The minimum absolute atomic E-state index is 0.150. The minimum atomic E-state index is 0.150. The van der Waals surface area contributed by atoms with Crippen LogP contribution in [0.15, 0.2) is 48.5 Å². The van der Waals surface area contributed by atoms with E-state index in [4.69, 9.17) is 4.74 Å². The summed E-state index contributed by atoms with van der Waals surface area (Å²) in [7, 11) is 4.22. The van der Waals surface area contributed by atoms with Gasteiger partial charge in [0, 0.05) is 19.4 Å². The van der Waals surface area contributed by atoms with Crippen LogP contribution in [0.25, 0.3) is 0 Å². The van der Waals surface area contributed by atoms with Crippen molar-refractivity contribution in [2.24, 2.45) is 0 Å². The molecule has 2 aromatic rings. The Morgan fingerprint density at radius 3 is 2.50 bits per heavy atom. The first kappa shape index (κ1) is 13.2. The van der Waals surface area contributed by atoms with Crippen molar-refractivity contribution >= 4 is 0 Å². The van der Waals surface area contributed by atoms with E-state index >= 15 is 0 Å². The van der Waals surface area contributed by atoms with Crippen LogP contribution in [0.5, 0.6) is 5.75 Å². The van der Waals surface area contributed by atoms with Crippen molar-refractivity contribution in [3.63, 3.8) is 0 Å². The third kappa shape index (κ3) is 2.70. The molecular formula is C18H21NO. The largest absolute Gasteiger partial charge is 0.485 e. The number of hydrogen-bond donors (Lipinski definition) is 0. The van der Waals surface area contributed by atoms with Gasteiger partial charge >= 0.3 is 0 Å². The highest BCUT2D eigenvalue weighted by Gasteiger charge is 2.22. The average Bonchev–Trinajstić information content (AvgIpc) is 2.61. The average molecular weight is 267 g/mol. The maximum atomic E-state index is 6.31. The molecule has 1 heterocycles. The Morgan fingerprint density at radius 2 is 1.70 bits per heavy atom. The summed E-state index contributed by atoms with van der Waals surface area (Å²) in [6.45, 7) is 1.03. The van der Waals surface area contributed by atoms with Crippen molar-refractivity contribution in [2.45, 2.75) is 18.9 Å². The Hall–Kier alpha value is -1.80. The maximum Gasteiger partial charge on any atom is 0.125 e. The fourth-order valence-electron chi connectivity index (χ4n) is 2.79. The van der Waals surface area contributed by atoms with Gasteiger partial charge in [-0.2, -0.15) is 0 Å². The fraction of sp³-hybridized carbons (Fsp3) is 0.333. The highest BCUT2D eigenvalue weighted by molar-refractivity contribution is 5.43. The zero-order chi connectivity index (χ0) is 13.9. The van der Waals surface area contributed by atoms with Crippen molar-refractivity contribution in [1.82, 2.24) is 4.90 Å². The van der Waals surface area contributed by atoms with E-state index in [2.05, 4.69) is 67.5 Å². The van der Waals surface area contributed by atoms with Crippen LogP contribution >= 0.6 is 0 Å². The lowest BCUT2D eigenvalue weighted by Crippen LogP contribution is -2.18. The van der Waals surface area contributed by atoms with E-state index in [0.29, 0.717) is 0 Å². The highest BCUT2D eigenvalue weighted by atomic mass is 16.5. The molecule has 0 N–H and O–H groups in total. The third-order valence-corrected chi connectivity index (χ3v) is 3.86. The van der Waals surface area contributed by atoms with Gasteiger partial charge in [-0.15, -0.1) is 0 Å². The summed E-state index contributed by atoms with van der Waals surface area (Å²) in [6.07, 6.45) is 2.13. The van der Waals surface area contributed by atoms with Gasteiger partial charge in [0.25, 0.3) is 0 Å². The van der Waals surface area contributed by atoms with Crippen molar-refractivity contribution in [3.8, 4) is 5.75 Å². The second-order valence-corrected chi connectivity index (χ2v) is 5.68. The molecule has 1 aliphatic heterocycles. The van der Waals surface area contributed by atoms with Crippen LogP contribution in [0.3, 0.4) is 0 Å². The van der Waals surface area contributed by atoms with E-state index in [9.17, 15) is 0 Å². The van der Waals surface area contributed by atoms with Gasteiger partial charge in [-0.1, -0.05) is 42.5 Å². The van der Waals surface area contributed by atoms with Gasteiger partial charge in [0.15, 0.2) is 0 Å². The third-order valence-electron chi connectivity index (χ3n) is 3.86. The quantitative estimate of drug-likeness (QED) is 0.841. The van der Waals surface area contributed by atoms with Crippen LogP contribution in [0, 0.1) is 0 Å². The number of para-hydroxylation sites is 1. The maximum absolute atomic E-state index is 6.31. The first-order valence-corrected chi connectivity index (χ1v) is 7.21. The lowest BCUT2D eigenvalue weighted by Gasteiger charge is -2.21.